The fourth-order valence-electron chi connectivity index (χ4n) is 2.50. The molecule has 0 saturated carbocycles. The van der Waals surface area contributed by atoms with E-state index in [4.69, 9.17) is 9.47 Å². The molecular weight excluding hydrogens is 392 g/mol. The smallest absolute Gasteiger partial charge is 0.213 e. The molecular formula is C20H28N4O4S. The summed E-state index contributed by atoms with van der Waals surface area (Å²) >= 11 is 0. The van der Waals surface area contributed by atoms with Gasteiger partial charge in [0.25, 0.3) is 0 Å². The lowest BCUT2D eigenvalue weighted by atomic mass is 10.2. The molecule has 0 heterocycles. The largest absolute Gasteiger partial charge is 0.493 e. The predicted octanol–water partition coefficient (Wildman–Crippen LogP) is 2.20. The van der Waals surface area contributed by atoms with E-state index in [-0.39, 0.29) is 18.8 Å². The molecule has 2 rings (SSSR count). The number of anilines is 1. The zero-order valence-corrected chi connectivity index (χ0v) is 17.8. The highest BCUT2D eigenvalue weighted by Gasteiger charge is 2.11. The molecule has 0 aliphatic carbocycles. The lowest BCUT2D eigenvalue weighted by molar-refractivity contribution is 0.311. The molecule has 0 spiro atoms. The number of ether oxygens (including phenoxy) is 2. The zero-order chi connectivity index (χ0) is 21.1. The van der Waals surface area contributed by atoms with Crippen molar-refractivity contribution in [3.63, 3.8) is 0 Å². The fourth-order valence-corrected chi connectivity index (χ4v) is 3.41. The van der Waals surface area contributed by atoms with Crippen LogP contribution in [0.5, 0.6) is 11.5 Å². The minimum absolute atomic E-state index is 0.0760. The molecule has 29 heavy (non-hydrogen) atoms. The van der Waals surface area contributed by atoms with E-state index in [9.17, 15) is 8.42 Å². The monoisotopic (exact) mass is 420 g/mol. The molecule has 2 aromatic rings. The van der Waals surface area contributed by atoms with Crippen LogP contribution in [-0.2, 0) is 16.6 Å². The van der Waals surface area contributed by atoms with E-state index in [0.29, 0.717) is 24.1 Å². The summed E-state index contributed by atoms with van der Waals surface area (Å²) in [5.74, 6) is 1.63. The quantitative estimate of drug-likeness (QED) is 0.402. The van der Waals surface area contributed by atoms with Gasteiger partial charge in [-0.1, -0.05) is 30.3 Å². The van der Waals surface area contributed by atoms with Crippen molar-refractivity contribution in [2.75, 3.05) is 38.4 Å². The summed E-state index contributed by atoms with van der Waals surface area (Å²) in [7, 11) is -0.215. The Morgan fingerprint density at radius 1 is 1.10 bits per heavy atom. The van der Waals surface area contributed by atoms with Gasteiger partial charge >= 0.3 is 0 Å². The van der Waals surface area contributed by atoms with Gasteiger partial charge < -0.3 is 20.1 Å². The SMILES string of the molecule is CCOc1cc(NC(=NC)NCCS(=O)(=O)NCc2ccccc2)ccc1OC. The number of hydrogen-bond donors (Lipinski definition) is 3. The Hall–Kier alpha value is -2.78. The molecule has 0 amide bonds. The minimum Gasteiger partial charge on any atom is -0.493 e. The van der Waals surface area contributed by atoms with Crippen LogP contribution < -0.4 is 24.8 Å². The second kappa shape index (κ2) is 11.3. The van der Waals surface area contributed by atoms with E-state index in [1.54, 1.807) is 26.3 Å². The van der Waals surface area contributed by atoms with Gasteiger partial charge in [-0.3, -0.25) is 4.99 Å². The van der Waals surface area contributed by atoms with Crippen molar-refractivity contribution < 1.29 is 17.9 Å². The molecule has 0 aliphatic heterocycles. The molecule has 0 aromatic heterocycles. The van der Waals surface area contributed by atoms with Crippen molar-refractivity contribution in [2.45, 2.75) is 13.5 Å². The average Bonchev–Trinajstić information content (AvgIpc) is 2.73. The van der Waals surface area contributed by atoms with Crippen molar-refractivity contribution in [1.82, 2.24) is 10.0 Å². The number of guanidine groups is 1. The van der Waals surface area contributed by atoms with E-state index in [1.165, 1.54) is 0 Å². The highest BCUT2D eigenvalue weighted by Crippen LogP contribution is 2.30. The van der Waals surface area contributed by atoms with Crippen LogP contribution in [0.25, 0.3) is 0 Å². The van der Waals surface area contributed by atoms with Crippen molar-refractivity contribution in [3.8, 4) is 11.5 Å². The topological polar surface area (TPSA) is 101 Å². The Kier molecular flexibility index (Phi) is 8.75. The van der Waals surface area contributed by atoms with Crippen molar-refractivity contribution in [2.24, 2.45) is 4.99 Å². The first-order chi connectivity index (χ1) is 14.0. The van der Waals surface area contributed by atoms with E-state index in [2.05, 4.69) is 20.3 Å². The van der Waals surface area contributed by atoms with Crippen LogP contribution in [0.15, 0.2) is 53.5 Å². The number of rotatable bonds is 10. The van der Waals surface area contributed by atoms with Gasteiger partial charge in [-0.2, -0.15) is 0 Å². The Balaban J connectivity index is 1.86. The van der Waals surface area contributed by atoms with Gasteiger partial charge in [0.05, 0.1) is 19.5 Å². The normalized spacial score (nSPS) is 11.8. The number of sulfonamides is 1. The minimum atomic E-state index is -3.41. The van der Waals surface area contributed by atoms with Crippen molar-refractivity contribution in [3.05, 3.63) is 54.1 Å². The van der Waals surface area contributed by atoms with Gasteiger partial charge in [0, 0.05) is 31.9 Å². The van der Waals surface area contributed by atoms with Crippen LogP contribution in [0, 0.1) is 0 Å². The lowest BCUT2D eigenvalue weighted by Crippen LogP contribution is -2.37. The Labute approximate surface area is 172 Å². The fraction of sp³-hybridized carbons (Fsp3) is 0.350. The maximum Gasteiger partial charge on any atom is 0.213 e. The summed E-state index contributed by atoms with van der Waals surface area (Å²) in [5.41, 5.74) is 1.65. The molecule has 0 atom stereocenters. The van der Waals surface area contributed by atoms with Gasteiger partial charge in [-0.15, -0.1) is 0 Å². The second-order valence-corrected chi connectivity index (χ2v) is 7.97. The van der Waals surface area contributed by atoms with Crippen LogP contribution in [0.4, 0.5) is 5.69 Å². The first kappa shape index (κ1) is 22.5. The van der Waals surface area contributed by atoms with Gasteiger partial charge in [0.1, 0.15) is 0 Å². The Bertz CT molecular complexity index is 902. The molecule has 2 aromatic carbocycles. The van der Waals surface area contributed by atoms with E-state index >= 15 is 0 Å². The molecule has 0 saturated heterocycles. The molecule has 158 valence electrons. The molecule has 0 fully saturated rings. The van der Waals surface area contributed by atoms with Crippen LogP contribution in [0.2, 0.25) is 0 Å². The molecule has 0 unspecified atom stereocenters. The highest BCUT2D eigenvalue weighted by molar-refractivity contribution is 7.89. The van der Waals surface area contributed by atoms with Gasteiger partial charge in [0.2, 0.25) is 10.0 Å². The number of nitrogens with one attached hydrogen (secondary N) is 3. The van der Waals surface area contributed by atoms with Crippen LogP contribution in [0.3, 0.4) is 0 Å². The third-order valence-corrected chi connectivity index (χ3v) is 5.28. The maximum atomic E-state index is 12.2. The first-order valence-electron chi connectivity index (χ1n) is 9.27. The molecule has 8 nitrogen and oxygen atoms in total. The molecule has 0 radical (unpaired) electrons. The summed E-state index contributed by atoms with van der Waals surface area (Å²) in [6, 6.07) is 14.8. The lowest BCUT2D eigenvalue weighted by Gasteiger charge is -2.15. The maximum absolute atomic E-state index is 12.2. The van der Waals surface area contributed by atoms with Gasteiger partial charge in [0.15, 0.2) is 17.5 Å². The zero-order valence-electron chi connectivity index (χ0n) is 16.9. The first-order valence-corrected chi connectivity index (χ1v) is 10.9. The Morgan fingerprint density at radius 2 is 1.86 bits per heavy atom. The van der Waals surface area contributed by atoms with Crippen LogP contribution >= 0.6 is 0 Å². The number of nitrogens with zero attached hydrogens (tertiary/aromatic N) is 1. The molecule has 0 bridgehead atoms. The second-order valence-electron chi connectivity index (χ2n) is 6.05. The van der Waals surface area contributed by atoms with Crippen molar-refractivity contribution >= 4 is 21.7 Å². The summed E-state index contributed by atoms with van der Waals surface area (Å²) < 4.78 is 37.8. The summed E-state index contributed by atoms with van der Waals surface area (Å²) in [6.07, 6.45) is 0. The molecule has 0 aliphatic rings. The Morgan fingerprint density at radius 3 is 2.52 bits per heavy atom. The standard InChI is InChI=1S/C20H28N4O4S/c1-4-28-19-14-17(10-11-18(19)27-3)24-20(21-2)22-12-13-29(25,26)23-15-16-8-6-5-7-9-16/h5-11,14,23H,4,12-13,15H2,1-3H3,(H2,21,22,24). The van der Waals surface area contributed by atoms with E-state index < -0.39 is 10.0 Å². The number of benzene rings is 2. The van der Waals surface area contributed by atoms with Gasteiger partial charge in [-0.25, -0.2) is 13.1 Å². The van der Waals surface area contributed by atoms with Crippen molar-refractivity contribution in [1.29, 1.82) is 0 Å². The van der Waals surface area contributed by atoms with Gasteiger partial charge in [-0.05, 0) is 24.6 Å². The van der Waals surface area contributed by atoms with Crippen LogP contribution in [0.1, 0.15) is 12.5 Å². The summed E-state index contributed by atoms with van der Waals surface area (Å²) in [4.78, 5) is 4.12. The third kappa shape index (κ3) is 7.63. The number of aliphatic imine (C=N–C) groups is 1. The molecule has 9 heteroatoms. The van der Waals surface area contributed by atoms with Crippen LogP contribution in [-0.4, -0.2) is 47.4 Å². The molecule has 3 N–H and O–H groups in total. The number of methoxy groups -OCH3 is 1. The average molecular weight is 421 g/mol. The summed E-state index contributed by atoms with van der Waals surface area (Å²) in [6.45, 7) is 2.88. The predicted molar refractivity (Wildman–Crippen MR) is 116 cm³/mol. The summed E-state index contributed by atoms with van der Waals surface area (Å²) in [5, 5.41) is 6.11. The number of hydrogen-bond acceptors (Lipinski definition) is 5. The third-order valence-electron chi connectivity index (χ3n) is 3.95. The highest BCUT2D eigenvalue weighted by atomic mass is 32.2. The van der Waals surface area contributed by atoms with E-state index in [1.807, 2.05) is 43.3 Å². The van der Waals surface area contributed by atoms with E-state index in [0.717, 1.165) is 11.3 Å².